The predicted molar refractivity (Wildman–Crippen MR) is 105 cm³/mol. The van der Waals surface area contributed by atoms with E-state index in [1.54, 1.807) is 0 Å². The molecule has 0 amide bonds. The van der Waals surface area contributed by atoms with Crippen molar-refractivity contribution in [2.45, 2.75) is 50.9 Å². The standard InChI is InChI=1S/C21H26BrNO2/c1-21(2)13-19(18-12-16(22)9-11-20(18)25-21)23-14-17(24)10-8-15-6-4-3-5-7-15/h3-7,9,11-12,17,19,23-24H,8,10,13-14H2,1-2H3/t17?,19-/m0/s1. The Labute approximate surface area is 158 Å². The normalized spacial score (nSPS) is 19.8. The largest absolute Gasteiger partial charge is 0.487 e. The summed E-state index contributed by atoms with van der Waals surface area (Å²) in [7, 11) is 0. The Morgan fingerprint density at radius 3 is 2.76 bits per heavy atom. The van der Waals surface area contributed by atoms with Crippen LogP contribution in [0.3, 0.4) is 0 Å². The molecular formula is C21H26BrNO2. The fourth-order valence-corrected chi connectivity index (χ4v) is 3.74. The van der Waals surface area contributed by atoms with E-state index in [-0.39, 0.29) is 17.7 Å². The summed E-state index contributed by atoms with van der Waals surface area (Å²) in [5.41, 5.74) is 2.21. The number of aliphatic hydroxyl groups excluding tert-OH is 1. The highest BCUT2D eigenvalue weighted by Gasteiger charge is 2.33. The van der Waals surface area contributed by atoms with Gasteiger partial charge in [-0.05, 0) is 50.5 Å². The molecule has 0 saturated heterocycles. The molecule has 0 spiro atoms. The molecule has 0 radical (unpaired) electrons. The van der Waals surface area contributed by atoms with Crippen LogP contribution in [-0.2, 0) is 6.42 Å². The van der Waals surface area contributed by atoms with Gasteiger partial charge in [0, 0.05) is 29.0 Å². The summed E-state index contributed by atoms with van der Waals surface area (Å²) in [6, 6.07) is 16.6. The Balaban J connectivity index is 1.59. The van der Waals surface area contributed by atoms with Gasteiger partial charge in [0.25, 0.3) is 0 Å². The van der Waals surface area contributed by atoms with Gasteiger partial charge in [0.1, 0.15) is 11.4 Å². The highest BCUT2D eigenvalue weighted by Crippen LogP contribution is 2.40. The molecule has 2 N–H and O–H groups in total. The van der Waals surface area contributed by atoms with Crippen molar-refractivity contribution in [2.75, 3.05) is 6.54 Å². The van der Waals surface area contributed by atoms with E-state index in [1.807, 2.05) is 30.3 Å². The molecule has 0 aromatic heterocycles. The van der Waals surface area contributed by atoms with Crippen LogP contribution in [-0.4, -0.2) is 23.4 Å². The van der Waals surface area contributed by atoms with Crippen LogP contribution in [0.2, 0.25) is 0 Å². The average molecular weight is 404 g/mol. The van der Waals surface area contributed by atoms with Gasteiger partial charge in [0.05, 0.1) is 6.10 Å². The van der Waals surface area contributed by atoms with Crippen LogP contribution in [0.1, 0.15) is 43.9 Å². The van der Waals surface area contributed by atoms with E-state index in [0.29, 0.717) is 6.54 Å². The van der Waals surface area contributed by atoms with Crippen molar-refractivity contribution in [1.82, 2.24) is 5.32 Å². The minimum Gasteiger partial charge on any atom is -0.487 e. The van der Waals surface area contributed by atoms with Crippen molar-refractivity contribution in [3.8, 4) is 5.75 Å². The molecule has 0 fully saturated rings. The number of fused-ring (bicyclic) bond motifs is 1. The summed E-state index contributed by atoms with van der Waals surface area (Å²) in [4.78, 5) is 0. The molecule has 2 aromatic rings. The van der Waals surface area contributed by atoms with Gasteiger partial charge in [-0.25, -0.2) is 0 Å². The van der Waals surface area contributed by atoms with Gasteiger partial charge in [-0.15, -0.1) is 0 Å². The first-order chi connectivity index (χ1) is 11.9. The van der Waals surface area contributed by atoms with E-state index in [1.165, 1.54) is 5.56 Å². The van der Waals surface area contributed by atoms with Gasteiger partial charge < -0.3 is 15.2 Å². The Kier molecular flexibility index (Phi) is 5.82. The molecule has 1 aliphatic rings. The van der Waals surface area contributed by atoms with Crippen LogP contribution in [0.15, 0.2) is 53.0 Å². The fraction of sp³-hybridized carbons (Fsp3) is 0.429. The van der Waals surface area contributed by atoms with Crippen molar-refractivity contribution in [1.29, 1.82) is 0 Å². The molecule has 3 rings (SSSR count). The quantitative estimate of drug-likeness (QED) is 0.738. The zero-order chi connectivity index (χ0) is 17.9. The van der Waals surface area contributed by atoms with Crippen molar-refractivity contribution < 1.29 is 9.84 Å². The van der Waals surface area contributed by atoms with E-state index in [4.69, 9.17) is 4.74 Å². The zero-order valence-electron chi connectivity index (χ0n) is 14.8. The summed E-state index contributed by atoms with van der Waals surface area (Å²) in [5.74, 6) is 0.927. The van der Waals surface area contributed by atoms with Crippen molar-refractivity contribution in [3.05, 3.63) is 64.1 Å². The molecule has 25 heavy (non-hydrogen) atoms. The highest BCUT2D eigenvalue weighted by atomic mass is 79.9. The third-order valence-electron chi connectivity index (χ3n) is 4.64. The minimum absolute atomic E-state index is 0.183. The van der Waals surface area contributed by atoms with Crippen LogP contribution >= 0.6 is 15.9 Å². The van der Waals surface area contributed by atoms with E-state index >= 15 is 0 Å². The molecule has 1 unspecified atom stereocenters. The number of hydrogen-bond donors (Lipinski definition) is 2. The fourth-order valence-electron chi connectivity index (χ4n) is 3.37. The summed E-state index contributed by atoms with van der Waals surface area (Å²) in [5, 5.41) is 13.9. The number of rotatable bonds is 6. The maximum atomic E-state index is 10.4. The molecule has 2 atom stereocenters. The maximum absolute atomic E-state index is 10.4. The molecule has 1 aliphatic heterocycles. The van der Waals surface area contributed by atoms with E-state index in [0.717, 1.165) is 35.0 Å². The SMILES string of the molecule is CC1(C)C[C@H](NCC(O)CCc2ccccc2)c2cc(Br)ccc2O1. The Morgan fingerprint density at radius 2 is 2.00 bits per heavy atom. The third kappa shape index (κ3) is 5.06. The van der Waals surface area contributed by atoms with Gasteiger partial charge in [0.15, 0.2) is 0 Å². The Morgan fingerprint density at radius 1 is 1.24 bits per heavy atom. The van der Waals surface area contributed by atoms with Gasteiger partial charge in [-0.1, -0.05) is 46.3 Å². The zero-order valence-corrected chi connectivity index (χ0v) is 16.4. The maximum Gasteiger partial charge on any atom is 0.124 e. The number of hydrogen-bond acceptors (Lipinski definition) is 3. The summed E-state index contributed by atoms with van der Waals surface area (Å²) in [6.07, 6.45) is 2.17. The first-order valence-corrected chi connectivity index (χ1v) is 9.66. The monoisotopic (exact) mass is 403 g/mol. The van der Waals surface area contributed by atoms with E-state index < -0.39 is 0 Å². The number of ether oxygens (including phenoxy) is 1. The lowest BCUT2D eigenvalue weighted by Gasteiger charge is -2.38. The van der Waals surface area contributed by atoms with Crippen LogP contribution in [0.25, 0.3) is 0 Å². The number of aliphatic hydroxyl groups is 1. The number of aryl methyl sites for hydroxylation is 1. The summed E-state index contributed by atoms with van der Waals surface area (Å²) >= 11 is 3.54. The summed E-state index contributed by atoms with van der Waals surface area (Å²) in [6.45, 7) is 4.80. The molecule has 0 bridgehead atoms. The molecule has 0 saturated carbocycles. The number of nitrogens with one attached hydrogen (secondary N) is 1. The second-order valence-corrected chi connectivity index (χ2v) is 8.30. The Bertz CT molecular complexity index is 702. The first-order valence-electron chi connectivity index (χ1n) is 8.87. The van der Waals surface area contributed by atoms with Gasteiger partial charge in [0.2, 0.25) is 0 Å². The highest BCUT2D eigenvalue weighted by molar-refractivity contribution is 9.10. The van der Waals surface area contributed by atoms with Crippen molar-refractivity contribution >= 4 is 15.9 Å². The predicted octanol–water partition coefficient (Wildman–Crippen LogP) is 4.63. The van der Waals surface area contributed by atoms with Crippen molar-refractivity contribution in [3.63, 3.8) is 0 Å². The molecule has 134 valence electrons. The lowest BCUT2D eigenvalue weighted by Crippen LogP contribution is -2.41. The lowest BCUT2D eigenvalue weighted by molar-refractivity contribution is 0.0615. The molecule has 0 aliphatic carbocycles. The second kappa shape index (κ2) is 7.90. The number of halogens is 1. The minimum atomic E-state index is -0.359. The van der Waals surface area contributed by atoms with Crippen LogP contribution in [0.5, 0.6) is 5.75 Å². The van der Waals surface area contributed by atoms with Crippen molar-refractivity contribution in [2.24, 2.45) is 0 Å². The second-order valence-electron chi connectivity index (χ2n) is 7.39. The molecular weight excluding hydrogens is 378 g/mol. The van der Waals surface area contributed by atoms with Crippen LogP contribution in [0, 0.1) is 0 Å². The first kappa shape index (κ1) is 18.4. The lowest BCUT2D eigenvalue weighted by atomic mass is 9.89. The molecule has 2 aromatic carbocycles. The van der Waals surface area contributed by atoms with E-state index in [9.17, 15) is 5.11 Å². The topological polar surface area (TPSA) is 41.5 Å². The molecule has 3 nitrogen and oxygen atoms in total. The van der Waals surface area contributed by atoms with Crippen LogP contribution < -0.4 is 10.1 Å². The molecule has 4 heteroatoms. The summed E-state index contributed by atoms with van der Waals surface area (Å²) < 4.78 is 7.14. The molecule has 1 heterocycles. The number of benzene rings is 2. The average Bonchev–Trinajstić information content (AvgIpc) is 2.58. The van der Waals surface area contributed by atoms with Crippen LogP contribution in [0.4, 0.5) is 0 Å². The smallest absolute Gasteiger partial charge is 0.124 e. The van der Waals surface area contributed by atoms with Gasteiger partial charge in [-0.3, -0.25) is 0 Å². The Hall–Kier alpha value is -1.36. The van der Waals surface area contributed by atoms with Gasteiger partial charge in [-0.2, -0.15) is 0 Å². The van der Waals surface area contributed by atoms with E-state index in [2.05, 4.69) is 53.3 Å². The third-order valence-corrected chi connectivity index (χ3v) is 5.13. The van der Waals surface area contributed by atoms with Gasteiger partial charge >= 0.3 is 0 Å².